The highest BCUT2D eigenvalue weighted by atomic mass is 16.3. The molecular weight excluding hydrogens is 156 g/mol. The Morgan fingerprint density at radius 3 is 3.08 bits per heavy atom. The second-order valence-electron chi connectivity index (χ2n) is 2.98. The van der Waals surface area contributed by atoms with Gasteiger partial charge in [-0.2, -0.15) is 5.10 Å². The van der Waals surface area contributed by atoms with Crippen molar-refractivity contribution in [1.29, 1.82) is 0 Å². The van der Waals surface area contributed by atoms with Crippen LogP contribution in [-0.4, -0.2) is 22.8 Å². The molecule has 0 bridgehead atoms. The molecule has 0 aromatic rings. The number of amides is 1. The molecule has 1 aliphatic rings. The van der Waals surface area contributed by atoms with Crippen LogP contribution in [0.4, 0.5) is 0 Å². The van der Waals surface area contributed by atoms with Gasteiger partial charge < -0.3 is 5.11 Å². The Balaban J connectivity index is 2.41. The van der Waals surface area contributed by atoms with Crippen LogP contribution in [0.3, 0.4) is 0 Å². The lowest BCUT2D eigenvalue weighted by Crippen LogP contribution is -2.38. The SMILES string of the molecule is CCCCC1=NNC(=O)C(O)C1. The fourth-order valence-corrected chi connectivity index (χ4v) is 1.11. The molecule has 2 N–H and O–H groups in total. The van der Waals surface area contributed by atoms with E-state index in [0.29, 0.717) is 6.42 Å². The average Bonchev–Trinajstić information content (AvgIpc) is 2.07. The van der Waals surface area contributed by atoms with E-state index in [1.54, 1.807) is 0 Å². The number of carbonyl (C=O) groups excluding carboxylic acids is 1. The van der Waals surface area contributed by atoms with E-state index in [9.17, 15) is 4.79 Å². The number of carbonyl (C=O) groups is 1. The number of unbranched alkanes of at least 4 members (excludes halogenated alkanes) is 1. The van der Waals surface area contributed by atoms with Crippen LogP contribution in [0.5, 0.6) is 0 Å². The molecule has 0 radical (unpaired) electrons. The molecule has 68 valence electrons. The molecule has 4 nitrogen and oxygen atoms in total. The molecule has 1 atom stereocenters. The molecule has 0 spiro atoms. The van der Waals surface area contributed by atoms with E-state index in [1.807, 2.05) is 0 Å². The van der Waals surface area contributed by atoms with Crippen molar-refractivity contribution in [3.8, 4) is 0 Å². The van der Waals surface area contributed by atoms with Gasteiger partial charge in [0.05, 0.1) is 0 Å². The maximum absolute atomic E-state index is 10.7. The van der Waals surface area contributed by atoms with Crippen LogP contribution in [0.25, 0.3) is 0 Å². The van der Waals surface area contributed by atoms with Gasteiger partial charge in [0.2, 0.25) is 0 Å². The summed E-state index contributed by atoms with van der Waals surface area (Å²) in [6, 6.07) is 0. The second-order valence-corrected chi connectivity index (χ2v) is 2.98. The summed E-state index contributed by atoms with van der Waals surface area (Å²) in [4.78, 5) is 10.7. The molecule has 0 aliphatic carbocycles. The third-order valence-electron chi connectivity index (χ3n) is 1.87. The van der Waals surface area contributed by atoms with E-state index >= 15 is 0 Å². The van der Waals surface area contributed by atoms with Crippen LogP contribution in [0.2, 0.25) is 0 Å². The van der Waals surface area contributed by atoms with Crippen LogP contribution in [0, 0.1) is 0 Å². The van der Waals surface area contributed by atoms with E-state index in [4.69, 9.17) is 5.11 Å². The lowest BCUT2D eigenvalue weighted by Gasteiger charge is -2.16. The summed E-state index contributed by atoms with van der Waals surface area (Å²) in [5, 5.41) is 13.0. The van der Waals surface area contributed by atoms with Gasteiger partial charge in [0.15, 0.2) is 0 Å². The maximum atomic E-state index is 10.7. The Labute approximate surface area is 71.7 Å². The first kappa shape index (κ1) is 9.19. The minimum atomic E-state index is -0.894. The molecule has 0 aromatic carbocycles. The molecule has 4 heteroatoms. The largest absolute Gasteiger partial charge is 0.383 e. The summed E-state index contributed by atoms with van der Waals surface area (Å²) >= 11 is 0. The maximum Gasteiger partial charge on any atom is 0.269 e. The van der Waals surface area contributed by atoms with Crippen LogP contribution >= 0.6 is 0 Å². The number of aliphatic hydroxyl groups is 1. The minimum absolute atomic E-state index is 0.393. The lowest BCUT2D eigenvalue weighted by atomic mass is 10.1. The molecule has 1 heterocycles. The topological polar surface area (TPSA) is 61.7 Å². The number of nitrogens with one attached hydrogen (secondary N) is 1. The fourth-order valence-electron chi connectivity index (χ4n) is 1.11. The Morgan fingerprint density at radius 2 is 2.50 bits per heavy atom. The van der Waals surface area contributed by atoms with Crippen molar-refractivity contribution in [2.75, 3.05) is 0 Å². The zero-order valence-corrected chi connectivity index (χ0v) is 7.21. The van der Waals surface area contributed by atoms with Crippen molar-refractivity contribution in [1.82, 2.24) is 5.43 Å². The molecule has 0 aromatic heterocycles. The third kappa shape index (κ3) is 2.30. The highest BCUT2D eigenvalue weighted by Gasteiger charge is 2.21. The molecule has 12 heavy (non-hydrogen) atoms. The number of hydrogen-bond donors (Lipinski definition) is 2. The van der Waals surface area contributed by atoms with Gasteiger partial charge in [-0.1, -0.05) is 13.3 Å². The van der Waals surface area contributed by atoms with E-state index < -0.39 is 12.0 Å². The van der Waals surface area contributed by atoms with Gasteiger partial charge in [0.25, 0.3) is 5.91 Å². The van der Waals surface area contributed by atoms with E-state index in [2.05, 4.69) is 17.5 Å². The van der Waals surface area contributed by atoms with Crippen molar-refractivity contribution < 1.29 is 9.90 Å². The number of aliphatic hydroxyl groups excluding tert-OH is 1. The molecule has 1 unspecified atom stereocenters. The predicted molar refractivity (Wildman–Crippen MR) is 45.7 cm³/mol. The molecule has 1 rings (SSSR count). The van der Waals surface area contributed by atoms with Crippen molar-refractivity contribution in [2.45, 2.75) is 38.7 Å². The predicted octanol–water partition coefficient (Wildman–Crippen LogP) is 0.413. The molecule has 0 saturated carbocycles. The third-order valence-corrected chi connectivity index (χ3v) is 1.87. The highest BCUT2D eigenvalue weighted by Crippen LogP contribution is 2.07. The summed E-state index contributed by atoms with van der Waals surface area (Å²) in [6.07, 6.45) is 2.53. The Bertz CT molecular complexity index is 201. The van der Waals surface area contributed by atoms with E-state index in [0.717, 1.165) is 25.0 Å². The van der Waals surface area contributed by atoms with Gasteiger partial charge in [-0.05, 0) is 12.8 Å². The van der Waals surface area contributed by atoms with Crippen molar-refractivity contribution in [3.63, 3.8) is 0 Å². The number of hydrazone groups is 1. The summed E-state index contributed by atoms with van der Waals surface area (Å²) in [5.74, 6) is -0.393. The Kier molecular flexibility index (Phi) is 3.22. The molecule has 1 amide bonds. The van der Waals surface area contributed by atoms with Crippen molar-refractivity contribution in [3.05, 3.63) is 0 Å². The van der Waals surface area contributed by atoms with E-state index in [1.165, 1.54) is 0 Å². The van der Waals surface area contributed by atoms with Crippen LogP contribution < -0.4 is 5.43 Å². The number of hydrogen-bond acceptors (Lipinski definition) is 3. The molecule has 0 saturated heterocycles. The second kappa shape index (κ2) is 4.21. The molecular formula is C8H14N2O2. The van der Waals surface area contributed by atoms with Crippen LogP contribution in [0.1, 0.15) is 32.6 Å². The summed E-state index contributed by atoms with van der Waals surface area (Å²) in [5.41, 5.74) is 3.18. The van der Waals surface area contributed by atoms with E-state index in [-0.39, 0.29) is 0 Å². The quantitative estimate of drug-likeness (QED) is 0.644. The van der Waals surface area contributed by atoms with Gasteiger partial charge in [-0.3, -0.25) is 4.79 Å². The zero-order chi connectivity index (χ0) is 8.97. The Morgan fingerprint density at radius 1 is 1.75 bits per heavy atom. The number of rotatable bonds is 3. The van der Waals surface area contributed by atoms with Gasteiger partial charge in [0, 0.05) is 12.1 Å². The lowest BCUT2D eigenvalue weighted by molar-refractivity contribution is -0.129. The van der Waals surface area contributed by atoms with Gasteiger partial charge >= 0.3 is 0 Å². The van der Waals surface area contributed by atoms with Gasteiger partial charge in [-0.25, -0.2) is 5.43 Å². The smallest absolute Gasteiger partial charge is 0.269 e. The summed E-state index contributed by atoms with van der Waals surface area (Å²) in [7, 11) is 0. The van der Waals surface area contributed by atoms with Crippen LogP contribution in [0.15, 0.2) is 5.10 Å². The summed E-state index contributed by atoms with van der Waals surface area (Å²) < 4.78 is 0. The first-order chi connectivity index (χ1) is 5.74. The fraction of sp³-hybridized carbons (Fsp3) is 0.750. The zero-order valence-electron chi connectivity index (χ0n) is 7.21. The van der Waals surface area contributed by atoms with Crippen LogP contribution in [-0.2, 0) is 4.79 Å². The molecule has 1 aliphatic heterocycles. The number of nitrogens with zero attached hydrogens (tertiary/aromatic N) is 1. The van der Waals surface area contributed by atoms with Gasteiger partial charge in [-0.15, -0.1) is 0 Å². The summed E-state index contributed by atoms with van der Waals surface area (Å²) in [6.45, 7) is 2.10. The van der Waals surface area contributed by atoms with Gasteiger partial charge in [0.1, 0.15) is 6.10 Å². The minimum Gasteiger partial charge on any atom is -0.383 e. The molecule has 0 fully saturated rings. The van der Waals surface area contributed by atoms with Crippen molar-refractivity contribution >= 4 is 11.6 Å². The first-order valence-corrected chi connectivity index (χ1v) is 4.27. The van der Waals surface area contributed by atoms with Crippen molar-refractivity contribution in [2.24, 2.45) is 5.10 Å². The first-order valence-electron chi connectivity index (χ1n) is 4.27. The monoisotopic (exact) mass is 170 g/mol. The highest BCUT2D eigenvalue weighted by molar-refractivity contribution is 5.95. The average molecular weight is 170 g/mol. The standard InChI is InChI=1S/C8H14N2O2/c1-2-3-4-6-5-7(11)8(12)10-9-6/h7,11H,2-5H2,1H3,(H,10,12). The normalized spacial score (nSPS) is 23.3. The Hall–Kier alpha value is -0.900.